The topological polar surface area (TPSA) is 30.9 Å². The highest BCUT2D eigenvalue weighted by molar-refractivity contribution is 7.99. The molecule has 1 aromatic heterocycles. The summed E-state index contributed by atoms with van der Waals surface area (Å²) in [5, 5.41) is 2.39. The molecule has 2 heterocycles. The van der Waals surface area contributed by atoms with Gasteiger partial charge in [-0.3, -0.25) is 4.90 Å². The Morgan fingerprint density at radius 2 is 1.33 bits per heavy atom. The Balaban J connectivity index is 1.33. The number of nitrogens with zero attached hydrogens (tertiary/aromatic N) is 1. The molecule has 1 aliphatic heterocycles. The van der Waals surface area contributed by atoms with Crippen molar-refractivity contribution in [3.8, 4) is 27.7 Å². The number of benzene rings is 3. The third kappa shape index (κ3) is 9.58. The van der Waals surface area contributed by atoms with E-state index in [2.05, 4.69) is 99.3 Å². The van der Waals surface area contributed by atoms with Gasteiger partial charge in [0.25, 0.3) is 0 Å². The number of hydrogen-bond acceptors (Lipinski definition) is 7. The Bertz CT molecular complexity index is 1410. The first-order valence-electron chi connectivity index (χ1n) is 15.5. The van der Waals surface area contributed by atoms with E-state index >= 15 is 0 Å². The lowest BCUT2D eigenvalue weighted by Gasteiger charge is -2.26. The predicted octanol–water partition coefficient (Wildman–Crippen LogP) is 9.98. The Labute approximate surface area is 270 Å². The van der Waals surface area contributed by atoms with Crippen molar-refractivity contribution in [2.75, 3.05) is 38.1 Å². The van der Waals surface area contributed by atoms with E-state index in [0.717, 1.165) is 36.8 Å². The van der Waals surface area contributed by atoms with Crippen molar-refractivity contribution in [1.82, 2.24) is 4.90 Å². The Morgan fingerprint density at radius 1 is 0.721 bits per heavy atom. The van der Waals surface area contributed by atoms with Gasteiger partial charge < -0.3 is 14.2 Å². The zero-order valence-electron chi connectivity index (χ0n) is 26.0. The molecule has 4 aromatic rings. The van der Waals surface area contributed by atoms with Crippen molar-refractivity contribution >= 4 is 44.9 Å². The summed E-state index contributed by atoms with van der Waals surface area (Å²) in [5.74, 6) is 4.12. The van der Waals surface area contributed by atoms with Crippen molar-refractivity contribution in [1.29, 1.82) is 0 Å². The van der Waals surface area contributed by atoms with Gasteiger partial charge in [-0.15, -0.1) is 34.9 Å². The molecule has 1 saturated heterocycles. The monoisotopic (exact) mass is 635 g/mol. The fraction of sp³-hybridized carbons (Fsp3) is 0.444. The molecule has 7 heteroatoms. The van der Waals surface area contributed by atoms with Crippen molar-refractivity contribution in [3.63, 3.8) is 0 Å². The third-order valence-corrected chi connectivity index (χ3v) is 10.6. The van der Waals surface area contributed by atoms with Crippen LogP contribution in [0, 0.1) is 0 Å². The van der Waals surface area contributed by atoms with Crippen LogP contribution in [0.15, 0.2) is 66.7 Å². The molecule has 0 unspecified atom stereocenters. The zero-order valence-corrected chi connectivity index (χ0v) is 28.4. The van der Waals surface area contributed by atoms with E-state index in [0.29, 0.717) is 22.4 Å². The molecule has 0 N–H and O–H groups in total. The predicted molar refractivity (Wildman–Crippen MR) is 189 cm³/mol. The molecule has 0 radical (unpaired) electrons. The lowest BCUT2D eigenvalue weighted by molar-refractivity contribution is 0.183. The largest absolute Gasteiger partial charge is 0.492 e. The maximum atomic E-state index is 6.11. The Morgan fingerprint density at radius 3 is 2.00 bits per heavy atom. The molecule has 0 amide bonds. The smallest absolute Gasteiger partial charge is 0.134 e. The van der Waals surface area contributed by atoms with Gasteiger partial charge in [0.2, 0.25) is 0 Å². The highest BCUT2D eigenvalue weighted by atomic mass is 32.2. The number of hydrogen-bond donors (Lipinski definition) is 0. The van der Waals surface area contributed by atoms with Crippen LogP contribution in [-0.2, 0) is 6.42 Å². The summed E-state index contributed by atoms with van der Waals surface area (Å²) < 4.78 is 19.4. The minimum absolute atomic E-state index is 0.547. The molecule has 0 bridgehead atoms. The second kappa shape index (κ2) is 16.1. The van der Waals surface area contributed by atoms with Gasteiger partial charge in [-0.05, 0) is 109 Å². The van der Waals surface area contributed by atoms with Crippen LogP contribution in [-0.4, -0.2) is 53.5 Å². The number of thiophene rings is 1. The summed E-state index contributed by atoms with van der Waals surface area (Å²) in [5.41, 5.74) is 3.85. The van der Waals surface area contributed by atoms with Gasteiger partial charge in [0.15, 0.2) is 0 Å². The third-order valence-electron chi connectivity index (χ3n) is 7.56. The second-order valence-electron chi connectivity index (χ2n) is 11.6. The summed E-state index contributed by atoms with van der Waals surface area (Å²) >= 11 is 5.47. The maximum Gasteiger partial charge on any atom is 0.134 e. The van der Waals surface area contributed by atoms with Crippen molar-refractivity contribution in [2.24, 2.45) is 0 Å². The van der Waals surface area contributed by atoms with E-state index < -0.39 is 0 Å². The Kier molecular flexibility index (Phi) is 12.0. The van der Waals surface area contributed by atoms with Gasteiger partial charge >= 0.3 is 0 Å². The molecule has 4 nitrogen and oxygen atoms in total. The highest BCUT2D eigenvalue weighted by Gasteiger charge is 2.16. The lowest BCUT2D eigenvalue weighted by Crippen LogP contribution is -2.33. The van der Waals surface area contributed by atoms with Crippen LogP contribution in [0.4, 0.5) is 0 Å². The molecule has 43 heavy (non-hydrogen) atoms. The summed E-state index contributed by atoms with van der Waals surface area (Å²) in [6.45, 7) is 12.9. The first kappa shape index (κ1) is 32.1. The molecular weight excluding hydrogens is 591 g/mol. The standard InChI is InChI=1S/C36H45NO3S3/c1-26(2)41-24-39-31-14-10-29(11-15-31)36-34(33-17-16-32(23-35(33)43-36)40-25-42-27(3)4)22-28-8-12-30(13-9-28)38-21-20-37-18-6-5-7-19-37/h8-17,23,26-27H,5-7,18-22,24-25H2,1-4H3. The van der Waals surface area contributed by atoms with E-state index in [4.69, 9.17) is 14.2 Å². The fourth-order valence-corrected chi connectivity index (χ4v) is 7.40. The lowest BCUT2D eigenvalue weighted by atomic mass is 9.99. The van der Waals surface area contributed by atoms with Gasteiger partial charge in [0, 0.05) is 26.6 Å². The van der Waals surface area contributed by atoms with Gasteiger partial charge in [-0.25, -0.2) is 0 Å². The van der Waals surface area contributed by atoms with Crippen LogP contribution >= 0.6 is 34.9 Å². The van der Waals surface area contributed by atoms with E-state index in [9.17, 15) is 0 Å². The van der Waals surface area contributed by atoms with Crippen LogP contribution in [0.1, 0.15) is 58.1 Å². The number of piperidine rings is 1. The number of thioether (sulfide) groups is 2. The average molecular weight is 636 g/mol. The van der Waals surface area contributed by atoms with Crippen LogP contribution in [0.5, 0.6) is 17.2 Å². The highest BCUT2D eigenvalue weighted by Crippen LogP contribution is 2.42. The normalized spacial score (nSPS) is 14.1. The summed E-state index contributed by atoms with van der Waals surface area (Å²) in [4.78, 5) is 3.82. The minimum Gasteiger partial charge on any atom is -0.492 e. The van der Waals surface area contributed by atoms with Crippen LogP contribution < -0.4 is 14.2 Å². The SMILES string of the molecule is CC(C)SCOc1ccc(-c2sc3cc(OCSC(C)C)ccc3c2Cc2ccc(OCCN3CCCCC3)cc2)cc1. The summed E-state index contributed by atoms with van der Waals surface area (Å²) in [7, 11) is 0. The molecule has 1 aliphatic rings. The van der Waals surface area contributed by atoms with Gasteiger partial charge in [-0.2, -0.15) is 0 Å². The maximum absolute atomic E-state index is 6.11. The molecule has 0 saturated carbocycles. The number of fused-ring (bicyclic) bond motifs is 1. The first-order valence-corrected chi connectivity index (χ1v) is 18.4. The molecule has 3 aromatic carbocycles. The van der Waals surface area contributed by atoms with Crippen LogP contribution in [0.2, 0.25) is 0 Å². The number of ether oxygens (including phenoxy) is 3. The van der Waals surface area contributed by atoms with E-state index in [1.165, 1.54) is 64.0 Å². The molecule has 0 spiro atoms. The van der Waals surface area contributed by atoms with Gasteiger partial charge in [-0.1, -0.05) is 46.2 Å². The van der Waals surface area contributed by atoms with Crippen LogP contribution in [0.25, 0.3) is 20.5 Å². The number of likely N-dealkylation sites (tertiary alicyclic amines) is 1. The average Bonchev–Trinajstić information content (AvgIpc) is 3.36. The van der Waals surface area contributed by atoms with Crippen LogP contribution in [0.3, 0.4) is 0 Å². The van der Waals surface area contributed by atoms with Gasteiger partial charge in [0.05, 0.1) is 0 Å². The number of rotatable bonds is 15. The molecule has 5 rings (SSSR count). The van der Waals surface area contributed by atoms with E-state index in [-0.39, 0.29) is 0 Å². The Hall–Kier alpha value is -2.32. The summed E-state index contributed by atoms with van der Waals surface area (Å²) in [6.07, 6.45) is 4.85. The van der Waals surface area contributed by atoms with Crippen molar-refractivity contribution in [2.45, 2.75) is 63.9 Å². The minimum atomic E-state index is 0.547. The fourth-order valence-electron chi connectivity index (χ4n) is 5.19. The van der Waals surface area contributed by atoms with Crippen molar-refractivity contribution in [3.05, 3.63) is 77.9 Å². The van der Waals surface area contributed by atoms with E-state index in [1.54, 1.807) is 0 Å². The summed E-state index contributed by atoms with van der Waals surface area (Å²) in [6, 6.07) is 23.8. The molecule has 1 fully saturated rings. The molecule has 0 atom stereocenters. The second-order valence-corrected chi connectivity index (χ2v) is 15.7. The molecule has 0 aliphatic carbocycles. The van der Waals surface area contributed by atoms with E-state index in [1.807, 2.05) is 34.9 Å². The zero-order chi connectivity index (χ0) is 30.0. The first-order chi connectivity index (χ1) is 20.9. The quantitative estimate of drug-likeness (QED) is 0.121. The molecule has 230 valence electrons. The van der Waals surface area contributed by atoms with Gasteiger partial charge in [0.1, 0.15) is 35.7 Å². The molecular formula is C36H45NO3S3. The van der Waals surface area contributed by atoms with Crippen molar-refractivity contribution < 1.29 is 14.2 Å².